The van der Waals surface area contributed by atoms with Crippen molar-refractivity contribution >= 4 is 5.91 Å². The van der Waals surface area contributed by atoms with E-state index in [4.69, 9.17) is 4.52 Å². The van der Waals surface area contributed by atoms with Crippen LogP contribution in [0.15, 0.2) is 28.8 Å². The normalized spacial score (nSPS) is 17.4. The van der Waals surface area contributed by atoms with Crippen molar-refractivity contribution in [2.45, 2.75) is 57.1 Å². The second-order valence-electron chi connectivity index (χ2n) is 6.48. The van der Waals surface area contributed by atoms with E-state index in [0.29, 0.717) is 23.7 Å². The number of carbonyl (C=O) groups excluding carboxylic acids is 1. The molecule has 1 fully saturated rings. The smallest absolute Gasteiger partial charge is 0.226 e. The first kappa shape index (κ1) is 17.5. The van der Waals surface area contributed by atoms with Crippen LogP contribution in [0.4, 0.5) is 4.39 Å². The maximum Gasteiger partial charge on any atom is 0.226 e. The molecule has 1 aromatic heterocycles. The van der Waals surface area contributed by atoms with Crippen molar-refractivity contribution in [3.63, 3.8) is 0 Å². The number of rotatable bonds is 6. The van der Waals surface area contributed by atoms with Gasteiger partial charge in [0.05, 0.1) is 12.5 Å². The van der Waals surface area contributed by atoms with Crippen LogP contribution in [0.2, 0.25) is 0 Å². The van der Waals surface area contributed by atoms with Crippen LogP contribution in [-0.4, -0.2) is 21.2 Å². The lowest BCUT2D eigenvalue weighted by molar-refractivity contribution is -0.125. The first-order valence-electron chi connectivity index (χ1n) is 8.60. The molecule has 1 unspecified atom stereocenters. The summed E-state index contributed by atoms with van der Waals surface area (Å²) in [5.41, 5.74) is -0.265. The molecule has 1 aliphatic rings. The Labute approximate surface area is 145 Å². The molecule has 6 nitrogen and oxygen atoms in total. The Kier molecular flexibility index (Phi) is 5.13. The fraction of sp³-hybridized carbons (Fsp3) is 0.500. The predicted octanol–water partition coefficient (Wildman–Crippen LogP) is 2.78. The average molecular weight is 347 g/mol. The monoisotopic (exact) mass is 347 g/mol. The van der Waals surface area contributed by atoms with E-state index in [2.05, 4.69) is 15.5 Å². The Balaban J connectivity index is 1.71. The van der Waals surface area contributed by atoms with Crippen molar-refractivity contribution in [3.05, 3.63) is 47.4 Å². The van der Waals surface area contributed by atoms with E-state index in [1.165, 1.54) is 18.2 Å². The molecule has 0 bridgehead atoms. The number of amides is 1. The third kappa shape index (κ3) is 3.87. The molecule has 1 saturated carbocycles. The highest BCUT2D eigenvalue weighted by Crippen LogP contribution is 2.37. The Morgan fingerprint density at radius 3 is 2.84 bits per heavy atom. The summed E-state index contributed by atoms with van der Waals surface area (Å²) in [6, 6.07) is 5.64. The molecule has 0 aliphatic heterocycles. The number of nitrogens with one attached hydrogen (secondary N) is 1. The van der Waals surface area contributed by atoms with Crippen LogP contribution in [0.3, 0.4) is 0 Å². The highest BCUT2D eigenvalue weighted by molar-refractivity contribution is 5.77. The quantitative estimate of drug-likeness (QED) is 0.839. The van der Waals surface area contributed by atoms with E-state index >= 15 is 0 Å². The minimum atomic E-state index is -1.06. The third-order valence-corrected chi connectivity index (χ3v) is 4.65. The summed E-state index contributed by atoms with van der Waals surface area (Å²) in [5.74, 6) is 0.274. The zero-order valence-corrected chi connectivity index (χ0v) is 14.2. The van der Waals surface area contributed by atoms with Crippen molar-refractivity contribution < 1.29 is 18.8 Å². The molecule has 0 saturated heterocycles. The fourth-order valence-corrected chi connectivity index (χ4v) is 3.30. The minimum Gasteiger partial charge on any atom is -0.388 e. The average Bonchev–Trinajstić information content (AvgIpc) is 3.24. The molecule has 1 aromatic carbocycles. The van der Waals surface area contributed by atoms with E-state index in [1.807, 2.05) is 6.92 Å². The highest BCUT2D eigenvalue weighted by atomic mass is 19.1. The van der Waals surface area contributed by atoms with Crippen LogP contribution >= 0.6 is 0 Å². The number of halogens is 1. The number of aliphatic hydroxyl groups excluding tert-OH is 1. The van der Waals surface area contributed by atoms with Gasteiger partial charge in [0.15, 0.2) is 5.82 Å². The summed E-state index contributed by atoms with van der Waals surface area (Å²) in [5, 5.41) is 17.2. The minimum absolute atomic E-state index is 0.149. The van der Waals surface area contributed by atoms with Gasteiger partial charge < -0.3 is 14.9 Å². The molecule has 1 heterocycles. The highest BCUT2D eigenvalue weighted by Gasteiger charge is 2.41. The van der Waals surface area contributed by atoms with Crippen LogP contribution in [0, 0.1) is 5.82 Å². The second-order valence-corrected chi connectivity index (χ2v) is 6.48. The van der Waals surface area contributed by atoms with Gasteiger partial charge in [-0.15, -0.1) is 0 Å². The van der Waals surface area contributed by atoms with Gasteiger partial charge in [-0.05, 0) is 30.5 Å². The van der Waals surface area contributed by atoms with E-state index < -0.39 is 17.5 Å². The van der Waals surface area contributed by atoms with E-state index in [1.54, 1.807) is 6.07 Å². The number of aliphatic hydroxyl groups is 1. The fourth-order valence-electron chi connectivity index (χ4n) is 3.30. The summed E-state index contributed by atoms with van der Waals surface area (Å²) in [7, 11) is 0. The Bertz CT molecular complexity index is 741. The number of aryl methyl sites for hydroxylation is 1. The number of carbonyl (C=O) groups is 1. The lowest BCUT2D eigenvalue weighted by atomic mass is 9.95. The van der Waals surface area contributed by atoms with Crippen LogP contribution in [0.5, 0.6) is 0 Å². The summed E-state index contributed by atoms with van der Waals surface area (Å²) < 4.78 is 18.5. The molecule has 3 rings (SSSR count). The summed E-state index contributed by atoms with van der Waals surface area (Å²) in [6.45, 7) is 1.92. The maximum absolute atomic E-state index is 13.3. The predicted molar refractivity (Wildman–Crippen MR) is 87.9 cm³/mol. The van der Waals surface area contributed by atoms with Gasteiger partial charge in [0.1, 0.15) is 11.4 Å². The molecule has 134 valence electrons. The Morgan fingerprint density at radius 1 is 1.44 bits per heavy atom. The number of aromatic nitrogens is 2. The lowest BCUT2D eigenvalue weighted by Gasteiger charge is -2.27. The Hall–Kier alpha value is -2.28. The lowest BCUT2D eigenvalue weighted by Crippen LogP contribution is -2.45. The molecule has 1 amide bonds. The van der Waals surface area contributed by atoms with Crippen molar-refractivity contribution in [1.82, 2.24) is 15.5 Å². The van der Waals surface area contributed by atoms with Gasteiger partial charge in [-0.25, -0.2) is 4.39 Å². The summed E-state index contributed by atoms with van der Waals surface area (Å²) in [6.07, 6.45) is 2.81. The second kappa shape index (κ2) is 7.31. The molecular weight excluding hydrogens is 325 g/mol. The van der Waals surface area contributed by atoms with Crippen LogP contribution < -0.4 is 5.32 Å². The zero-order chi connectivity index (χ0) is 17.9. The van der Waals surface area contributed by atoms with Gasteiger partial charge in [-0.1, -0.05) is 37.1 Å². The third-order valence-electron chi connectivity index (χ3n) is 4.65. The van der Waals surface area contributed by atoms with E-state index in [-0.39, 0.29) is 12.3 Å². The molecule has 7 heteroatoms. The van der Waals surface area contributed by atoms with Crippen molar-refractivity contribution in [2.24, 2.45) is 0 Å². The molecule has 2 N–H and O–H groups in total. The van der Waals surface area contributed by atoms with Crippen LogP contribution in [0.1, 0.15) is 62.4 Å². The number of nitrogens with zero attached hydrogens (tertiary/aromatic N) is 2. The van der Waals surface area contributed by atoms with E-state index in [0.717, 1.165) is 25.7 Å². The van der Waals surface area contributed by atoms with Gasteiger partial charge in [0, 0.05) is 6.42 Å². The van der Waals surface area contributed by atoms with Crippen molar-refractivity contribution in [1.29, 1.82) is 0 Å². The first-order chi connectivity index (χ1) is 12.0. The van der Waals surface area contributed by atoms with Crippen LogP contribution in [0.25, 0.3) is 0 Å². The van der Waals surface area contributed by atoms with Gasteiger partial charge in [-0.2, -0.15) is 4.98 Å². The van der Waals surface area contributed by atoms with Gasteiger partial charge in [0.25, 0.3) is 0 Å². The van der Waals surface area contributed by atoms with Crippen LogP contribution in [-0.2, 0) is 16.8 Å². The molecule has 2 aromatic rings. The molecule has 0 radical (unpaired) electrons. The standard InChI is InChI=1S/C18H22FN3O3/c1-2-16-20-17(22-25-16)18(8-3-4-9-18)21-15(24)11-14(23)12-6-5-7-13(19)10-12/h5-7,10,14,23H,2-4,8-9,11H2,1H3,(H,21,24). The largest absolute Gasteiger partial charge is 0.388 e. The van der Waals surface area contributed by atoms with E-state index in [9.17, 15) is 14.3 Å². The summed E-state index contributed by atoms with van der Waals surface area (Å²) in [4.78, 5) is 16.9. The number of hydrogen-bond donors (Lipinski definition) is 2. The first-order valence-corrected chi connectivity index (χ1v) is 8.60. The molecule has 1 atom stereocenters. The van der Waals surface area contributed by atoms with Crippen molar-refractivity contribution in [3.8, 4) is 0 Å². The number of benzene rings is 1. The number of hydrogen-bond acceptors (Lipinski definition) is 5. The van der Waals surface area contributed by atoms with Gasteiger partial charge in [0.2, 0.25) is 11.8 Å². The maximum atomic E-state index is 13.3. The molecular formula is C18H22FN3O3. The zero-order valence-electron chi connectivity index (χ0n) is 14.2. The SMILES string of the molecule is CCc1nc(C2(NC(=O)CC(O)c3cccc(F)c3)CCCC2)no1. The van der Waals surface area contributed by atoms with Gasteiger partial charge >= 0.3 is 0 Å². The molecule has 1 aliphatic carbocycles. The Morgan fingerprint density at radius 2 is 2.20 bits per heavy atom. The molecule has 0 spiro atoms. The van der Waals surface area contributed by atoms with Gasteiger partial charge in [-0.3, -0.25) is 4.79 Å². The topological polar surface area (TPSA) is 88.2 Å². The summed E-state index contributed by atoms with van der Waals surface area (Å²) >= 11 is 0. The van der Waals surface area contributed by atoms with Crippen molar-refractivity contribution in [2.75, 3.05) is 0 Å². The molecule has 25 heavy (non-hydrogen) atoms.